The van der Waals surface area contributed by atoms with Crippen molar-refractivity contribution < 1.29 is 4.39 Å². The highest BCUT2D eigenvalue weighted by Gasteiger charge is 2.06. The zero-order chi connectivity index (χ0) is 16.2. The maximum absolute atomic E-state index is 12.9. The van der Waals surface area contributed by atoms with E-state index in [-0.39, 0.29) is 22.8 Å². The number of benzene rings is 2. The molecule has 1 N–H and O–H groups in total. The first-order valence-electron chi connectivity index (χ1n) is 7.67. The summed E-state index contributed by atoms with van der Waals surface area (Å²) in [6.45, 7) is 4.45. The predicted octanol–water partition coefficient (Wildman–Crippen LogP) is 6.47. The highest BCUT2D eigenvalue weighted by Crippen LogP contribution is 2.27. The van der Waals surface area contributed by atoms with Gasteiger partial charge in [0.05, 0.1) is 5.69 Å². The van der Waals surface area contributed by atoms with Gasteiger partial charge in [-0.05, 0) is 42.2 Å². The van der Waals surface area contributed by atoms with Crippen molar-refractivity contribution in [3.8, 4) is 11.3 Å². The Bertz CT molecular complexity index is 767. The van der Waals surface area contributed by atoms with Crippen LogP contribution in [0.2, 0.25) is 0 Å². The van der Waals surface area contributed by atoms with E-state index in [9.17, 15) is 4.39 Å². The van der Waals surface area contributed by atoms with Gasteiger partial charge in [-0.3, -0.25) is 0 Å². The van der Waals surface area contributed by atoms with Crippen LogP contribution in [0.3, 0.4) is 0 Å². The van der Waals surface area contributed by atoms with Crippen molar-refractivity contribution in [2.75, 3.05) is 5.32 Å². The Morgan fingerprint density at radius 2 is 1.71 bits per heavy atom. The van der Waals surface area contributed by atoms with Gasteiger partial charge in [-0.2, -0.15) is 0 Å². The molecule has 0 saturated heterocycles. The third kappa shape index (κ3) is 4.89. The van der Waals surface area contributed by atoms with E-state index < -0.39 is 0 Å². The molecule has 0 spiro atoms. The zero-order valence-electron chi connectivity index (χ0n) is 13.6. The summed E-state index contributed by atoms with van der Waals surface area (Å²) in [5.41, 5.74) is 4.25. The van der Waals surface area contributed by atoms with E-state index >= 15 is 0 Å². The third-order valence-corrected chi connectivity index (χ3v) is 4.25. The Balaban J connectivity index is 0.00000208. The van der Waals surface area contributed by atoms with E-state index in [1.165, 1.54) is 17.7 Å². The van der Waals surface area contributed by atoms with Gasteiger partial charge >= 0.3 is 0 Å². The highest BCUT2D eigenvalue weighted by molar-refractivity contribution is 8.93. The molecule has 0 radical (unpaired) electrons. The third-order valence-electron chi connectivity index (χ3n) is 3.49. The molecule has 2 nitrogen and oxygen atoms in total. The molecule has 0 saturated carbocycles. The quantitative estimate of drug-likeness (QED) is 0.524. The van der Waals surface area contributed by atoms with Crippen molar-refractivity contribution in [3.63, 3.8) is 0 Å². The number of nitrogens with one attached hydrogen (secondary N) is 1. The summed E-state index contributed by atoms with van der Waals surface area (Å²) >= 11 is 1.54. The predicted molar refractivity (Wildman–Crippen MR) is 106 cm³/mol. The maximum Gasteiger partial charge on any atom is 0.187 e. The minimum absolute atomic E-state index is 0. The highest BCUT2D eigenvalue weighted by atomic mass is 79.9. The van der Waals surface area contributed by atoms with Gasteiger partial charge in [0.1, 0.15) is 5.82 Å². The number of hydrogen-bond acceptors (Lipinski definition) is 3. The molecule has 5 heteroatoms. The second-order valence-corrected chi connectivity index (χ2v) is 6.82. The maximum atomic E-state index is 12.9. The van der Waals surface area contributed by atoms with Crippen LogP contribution < -0.4 is 5.32 Å². The molecule has 1 heterocycles. The van der Waals surface area contributed by atoms with Gasteiger partial charge in [-0.15, -0.1) is 28.3 Å². The molecule has 126 valence electrons. The molecule has 3 aromatic rings. The molecule has 0 fully saturated rings. The fourth-order valence-electron chi connectivity index (χ4n) is 2.40. The molecule has 24 heavy (non-hydrogen) atoms. The van der Waals surface area contributed by atoms with Crippen LogP contribution in [-0.4, -0.2) is 4.98 Å². The summed E-state index contributed by atoms with van der Waals surface area (Å²) in [4.78, 5) is 4.60. The minimum atomic E-state index is -0.239. The van der Waals surface area contributed by atoms with Crippen molar-refractivity contribution in [3.05, 3.63) is 65.3 Å². The zero-order valence-corrected chi connectivity index (χ0v) is 16.2. The van der Waals surface area contributed by atoms with E-state index in [2.05, 4.69) is 48.4 Å². The van der Waals surface area contributed by atoms with Gasteiger partial charge in [0, 0.05) is 16.6 Å². The SMILES string of the molecule is Br.CC(C)Cc1ccc(-c2csc(Nc3ccc(F)cc3)n2)cc1. The number of halogens is 2. The van der Waals surface area contributed by atoms with E-state index in [4.69, 9.17) is 0 Å². The Morgan fingerprint density at radius 3 is 2.33 bits per heavy atom. The monoisotopic (exact) mass is 406 g/mol. The molecule has 0 aliphatic heterocycles. The molecule has 0 amide bonds. The van der Waals surface area contributed by atoms with Crippen molar-refractivity contribution in [2.45, 2.75) is 20.3 Å². The topological polar surface area (TPSA) is 24.9 Å². The summed E-state index contributed by atoms with van der Waals surface area (Å²) in [5.74, 6) is 0.420. The van der Waals surface area contributed by atoms with Crippen LogP contribution in [-0.2, 0) is 6.42 Å². The minimum Gasteiger partial charge on any atom is -0.332 e. The first kappa shape index (κ1) is 18.6. The van der Waals surface area contributed by atoms with E-state index in [1.807, 2.05) is 5.38 Å². The van der Waals surface area contributed by atoms with Crippen molar-refractivity contribution in [2.24, 2.45) is 5.92 Å². The lowest BCUT2D eigenvalue weighted by molar-refractivity contribution is 0.628. The molecular formula is C19H20BrFN2S. The second-order valence-electron chi connectivity index (χ2n) is 5.96. The molecule has 3 rings (SSSR count). The van der Waals surface area contributed by atoms with Crippen LogP contribution in [0.5, 0.6) is 0 Å². The molecular weight excluding hydrogens is 387 g/mol. The van der Waals surface area contributed by atoms with Crippen LogP contribution in [0, 0.1) is 11.7 Å². The Labute approximate surface area is 156 Å². The summed E-state index contributed by atoms with van der Waals surface area (Å²) in [6, 6.07) is 14.9. The summed E-state index contributed by atoms with van der Waals surface area (Å²) in [6.07, 6.45) is 1.09. The number of aromatic nitrogens is 1. The fraction of sp³-hybridized carbons (Fsp3) is 0.211. The van der Waals surface area contributed by atoms with Gasteiger partial charge in [0.15, 0.2) is 5.13 Å². The fourth-order valence-corrected chi connectivity index (χ4v) is 3.14. The second kappa shape index (κ2) is 8.40. The summed E-state index contributed by atoms with van der Waals surface area (Å²) < 4.78 is 12.9. The Morgan fingerprint density at radius 1 is 1.04 bits per heavy atom. The van der Waals surface area contributed by atoms with Crippen LogP contribution in [0.15, 0.2) is 53.9 Å². The number of rotatable bonds is 5. The van der Waals surface area contributed by atoms with Gasteiger partial charge in [0.25, 0.3) is 0 Å². The average Bonchev–Trinajstić information content (AvgIpc) is 2.98. The van der Waals surface area contributed by atoms with Crippen molar-refractivity contribution in [1.82, 2.24) is 4.98 Å². The summed E-state index contributed by atoms with van der Waals surface area (Å²) in [7, 11) is 0. The molecule has 0 unspecified atom stereocenters. The summed E-state index contributed by atoms with van der Waals surface area (Å²) in [5, 5.41) is 6.03. The standard InChI is InChI=1S/C19H19FN2S.BrH/c1-13(2)11-14-3-5-15(6-4-14)18-12-23-19(22-18)21-17-9-7-16(20)8-10-17;/h3-10,12-13H,11H2,1-2H3,(H,21,22);1H. The number of hydrogen-bond donors (Lipinski definition) is 1. The molecule has 0 bridgehead atoms. The lowest BCUT2D eigenvalue weighted by Crippen LogP contribution is -1.93. The van der Waals surface area contributed by atoms with Crippen LogP contribution in [0.4, 0.5) is 15.2 Å². The number of anilines is 2. The largest absolute Gasteiger partial charge is 0.332 e. The molecule has 0 aliphatic rings. The van der Waals surface area contributed by atoms with Gasteiger partial charge in [0.2, 0.25) is 0 Å². The Hall–Kier alpha value is -1.72. The van der Waals surface area contributed by atoms with Crippen molar-refractivity contribution >= 4 is 39.1 Å². The molecule has 2 aromatic carbocycles. The van der Waals surface area contributed by atoms with E-state index in [0.29, 0.717) is 5.92 Å². The van der Waals surface area contributed by atoms with Crippen LogP contribution in [0.1, 0.15) is 19.4 Å². The lowest BCUT2D eigenvalue weighted by atomic mass is 10.0. The molecule has 1 aromatic heterocycles. The van der Waals surface area contributed by atoms with E-state index in [0.717, 1.165) is 28.5 Å². The first-order chi connectivity index (χ1) is 11.1. The Kier molecular flexibility index (Phi) is 6.52. The normalized spacial score (nSPS) is 10.5. The average molecular weight is 407 g/mol. The van der Waals surface area contributed by atoms with Gasteiger partial charge < -0.3 is 5.32 Å². The number of thiazole rings is 1. The van der Waals surface area contributed by atoms with Crippen molar-refractivity contribution in [1.29, 1.82) is 0 Å². The first-order valence-corrected chi connectivity index (χ1v) is 8.55. The van der Waals surface area contributed by atoms with Crippen LogP contribution >= 0.6 is 28.3 Å². The van der Waals surface area contributed by atoms with Gasteiger partial charge in [-0.1, -0.05) is 38.1 Å². The smallest absolute Gasteiger partial charge is 0.187 e. The van der Waals surface area contributed by atoms with E-state index in [1.54, 1.807) is 23.5 Å². The van der Waals surface area contributed by atoms with Crippen LogP contribution in [0.25, 0.3) is 11.3 Å². The lowest BCUT2D eigenvalue weighted by Gasteiger charge is -2.05. The molecule has 0 aliphatic carbocycles. The van der Waals surface area contributed by atoms with Gasteiger partial charge in [-0.25, -0.2) is 9.37 Å². The number of nitrogens with zero attached hydrogens (tertiary/aromatic N) is 1. The molecule has 0 atom stereocenters.